The molecule has 0 atom stereocenters. The summed E-state index contributed by atoms with van der Waals surface area (Å²) in [5.41, 5.74) is 6.75. The number of nitrogens with two attached hydrogens (primary N) is 1. The van der Waals surface area contributed by atoms with Crippen molar-refractivity contribution in [1.82, 2.24) is 0 Å². The lowest BCUT2D eigenvalue weighted by atomic mass is 10.1. The molecular formula is C13H17N3O. The Morgan fingerprint density at radius 2 is 2.00 bits per heavy atom. The SMILES string of the molecule is CC(C)CN(CC(N)=O)c1ccc(C#N)cc1. The van der Waals surface area contributed by atoms with Gasteiger partial charge in [0.1, 0.15) is 0 Å². The quantitative estimate of drug-likeness (QED) is 0.835. The summed E-state index contributed by atoms with van der Waals surface area (Å²) >= 11 is 0. The summed E-state index contributed by atoms with van der Waals surface area (Å²) in [5.74, 6) is 0.0833. The first kappa shape index (κ1) is 13.0. The van der Waals surface area contributed by atoms with Crippen LogP contribution < -0.4 is 10.6 Å². The van der Waals surface area contributed by atoms with Gasteiger partial charge in [0.25, 0.3) is 0 Å². The highest BCUT2D eigenvalue weighted by Crippen LogP contribution is 2.16. The van der Waals surface area contributed by atoms with Gasteiger partial charge in [0.2, 0.25) is 5.91 Å². The third-order valence-corrected chi connectivity index (χ3v) is 2.29. The molecule has 0 saturated carbocycles. The topological polar surface area (TPSA) is 70.1 Å². The van der Waals surface area contributed by atoms with E-state index in [1.807, 2.05) is 17.0 Å². The molecular weight excluding hydrogens is 214 g/mol. The van der Waals surface area contributed by atoms with Gasteiger partial charge in [-0.05, 0) is 30.2 Å². The maximum Gasteiger partial charge on any atom is 0.236 e. The van der Waals surface area contributed by atoms with E-state index < -0.39 is 0 Å². The predicted molar refractivity (Wildman–Crippen MR) is 67.4 cm³/mol. The molecule has 1 aromatic carbocycles. The molecule has 0 aliphatic heterocycles. The van der Waals surface area contributed by atoms with Crippen molar-refractivity contribution in [2.24, 2.45) is 11.7 Å². The van der Waals surface area contributed by atoms with Crippen LogP contribution in [0.3, 0.4) is 0 Å². The fraction of sp³-hybridized carbons (Fsp3) is 0.385. The number of anilines is 1. The molecule has 17 heavy (non-hydrogen) atoms. The van der Waals surface area contributed by atoms with Crippen molar-refractivity contribution in [2.75, 3.05) is 18.0 Å². The average molecular weight is 231 g/mol. The highest BCUT2D eigenvalue weighted by molar-refractivity contribution is 5.79. The molecule has 0 aliphatic carbocycles. The number of benzene rings is 1. The van der Waals surface area contributed by atoms with Gasteiger partial charge in [-0.25, -0.2) is 0 Å². The van der Waals surface area contributed by atoms with Gasteiger partial charge in [-0.3, -0.25) is 4.79 Å². The summed E-state index contributed by atoms with van der Waals surface area (Å²) in [6.07, 6.45) is 0. The Balaban J connectivity index is 2.87. The molecule has 0 fully saturated rings. The summed E-state index contributed by atoms with van der Waals surface area (Å²) in [5, 5.41) is 8.72. The van der Waals surface area contributed by atoms with Crippen LogP contribution >= 0.6 is 0 Å². The minimum Gasteiger partial charge on any atom is -0.368 e. The Morgan fingerprint density at radius 1 is 1.41 bits per heavy atom. The van der Waals surface area contributed by atoms with Crippen LogP contribution in [0.5, 0.6) is 0 Å². The van der Waals surface area contributed by atoms with Gasteiger partial charge in [0, 0.05) is 12.2 Å². The van der Waals surface area contributed by atoms with Crippen LogP contribution in [0.2, 0.25) is 0 Å². The molecule has 1 amide bonds. The molecule has 0 aliphatic rings. The van der Waals surface area contributed by atoms with Crippen molar-refractivity contribution in [3.8, 4) is 6.07 Å². The largest absolute Gasteiger partial charge is 0.368 e. The lowest BCUT2D eigenvalue weighted by Crippen LogP contribution is -2.36. The molecule has 0 spiro atoms. The van der Waals surface area contributed by atoms with Crippen molar-refractivity contribution >= 4 is 11.6 Å². The summed E-state index contributed by atoms with van der Waals surface area (Å²) in [4.78, 5) is 12.9. The second kappa shape index (κ2) is 5.90. The molecule has 2 N–H and O–H groups in total. The number of carbonyl (C=O) groups is 1. The maximum absolute atomic E-state index is 11.0. The molecule has 0 unspecified atom stereocenters. The molecule has 0 heterocycles. The summed E-state index contributed by atoms with van der Waals surface area (Å²) in [6.45, 7) is 5.12. The van der Waals surface area contributed by atoms with E-state index in [9.17, 15) is 4.79 Å². The van der Waals surface area contributed by atoms with Crippen LogP contribution in [0.4, 0.5) is 5.69 Å². The first-order valence-corrected chi connectivity index (χ1v) is 5.56. The van der Waals surface area contributed by atoms with E-state index in [1.165, 1.54) is 0 Å². The Kier molecular flexibility index (Phi) is 4.53. The van der Waals surface area contributed by atoms with E-state index in [2.05, 4.69) is 19.9 Å². The standard InChI is InChI=1S/C13H17N3O/c1-10(2)8-16(9-13(15)17)12-5-3-11(7-14)4-6-12/h3-6,10H,8-9H2,1-2H3,(H2,15,17). The summed E-state index contributed by atoms with van der Waals surface area (Å²) in [7, 11) is 0. The number of primary amides is 1. The number of carbonyl (C=O) groups excluding carboxylic acids is 1. The number of rotatable bonds is 5. The normalized spacial score (nSPS) is 10.0. The number of nitrogens with zero attached hydrogens (tertiary/aromatic N) is 2. The van der Waals surface area contributed by atoms with Crippen LogP contribution in [0.25, 0.3) is 0 Å². The number of amides is 1. The van der Waals surface area contributed by atoms with Gasteiger partial charge < -0.3 is 10.6 Å². The third-order valence-electron chi connectivity index (χ3n) is 2.29. The summed E-state index contributed by atoms with van der Waals surface area (Å²) in [6, 6.07) is 9.22. The molecule has 1 aromatic rings. The molecule has 90 valence electrons. The minimum absolute atomic E-state index is 0.198. The van der Waals surface area contributed by atoms with Gasteiger partial charge in [-0.2, -0.15) is 5.26 Å². The molecule has 0 aromatic heterocycles. The Labute approximate surface area is 102 Å². The van der Waals surface area contributed by atoms with Crippen molar-refractivity contribution in [1.29, 1.82) is 5.26 Å². The lowest BCUT2D eigenvalue weighted by Gasteiger charge is -2.25. The fourth-order valence-electron chi connectivity index (χ4n) is 1.64. The van der Waals surface area contributed by atoms with Gasteiger partial charge in [-0.1, -0.05) is 13.8 Å². The number of hydrogen-bond donors (Lipinski definition) is 1. The van der Waals surface area contributed by atoms with Crippen molar-refractivity contribution in [3.63, 3.8) is 0 Å². The zero-order chi connectivity index (χ0) is 12.8. The van der Waals surface area contributed by atoms with E-state index in [-0.39, 0.29) is 12.5 Å². The first-order valence-electron chi connectivity index (χ1n) is 5.56. The van der Waals surface area contributed by atoms with Crippen LogP contribution in [-0.2, 0) is 4.79 Å². The average Bonchev–Trinajstić information content (AvgIpc) is 2.27. The van der Waals surface area contributed by atoms with Crippen molar-refractivity contribution in [2.45, 2.75) is 13.8 Å². The second-order valence-electron chi connectivity index (χ2n) is 4.40. The molecule has 1 rings (SSSR count). The second-order valence-corrected chi connectivity index (χ2v) is 4.40. The fourth-order valence-corrected chi connectivity index (χ4v) is 1.64. The Morgan fingerprint density at radius 3 is 2.41 bits per heavy atom. The van der Waals surface area contributed by atoms with Crippen molar-refractivity contribution in [3.05, 3.63) is 29.8 Å². The molecule has 0 radical (unpaired) electrons. The monoisotopic (exact) mass is 231 g/mol. The van der Waals surface area contributed by atoms with E-state index >= 15 is 0 Å². The molecule has 0 bridgehead atoms. The minimum atomic E-state index is -0.352. The number of hydrogen-bond acceptors (Lipinski definition) is 3. The predicted octanol–water partition coefficient (Wildman–Crippen LogP) is 1.51. The van der Waals surface area contributed by atoms with E-state index in [0.717, 1.165) is 12.2 Å². The van der Waals surface area contributed by atoms with Gasteiger partial charge in [0.05, 0.1) is 18.2 Å². The Hall–Kier alpha value is -2.02. The number of nitriles is 1. The molecule has 4 heteroatoms. The van der Waals surface area contributed by atoms with Gasteiger partial charge in [-0.15, -0.1) is 0 Å². The Bertz CT molecular complexity index is 417. The van der Waals surface area contributed by atoms with Crippen LogP contribution in [-0.4, -0.2) is 19.0 Å². The smallest absolute Gasteiger partial charge is 0.236 e. The van der Waals surface area contributed by atoms with Crippen molar-refractivity contribution < 1.29 is 4.79 Å². The highest BCUT2D eigenvalue weighted by atomic mass is 16.1. The zero-order valence-corrected chi connectivity index (χ0v) is 10.2. The molecule has 0 saturated heterocycles. The van der Waals surface area contributed by atoms with Gasteiger partial charge in [0.15, 0.2) is 0 Å². The lowest BCUT2D eigenvalue weighted by molar-refractivity contribution is -0.116. The first-order chi connectivity index (χ1) is 8.02. The van der Waals surface area contributed by atoms with Crippen LogP contribution in [0.1, 0.15) is 19.4 Å². The maximum atomic E-state index is 11.0. The third kappa shape index (κ3) is 4.15. The van der Waals surface area contributed by atoms with E-state index in [1.54, 1.807) is 12.1 Å². The van der Waals surface area contributed by atoms with E-state index in [4.69, 9.17) is 11.0 Å². The van der Waals surface area contributed by atoms with Gasteiger partial charge >= 0.3 is 0 Å². The summed E-state index contributed by atoms with van der Waals surface area (Å²) < 4.78 is 0. The molecule has 4 nitrogen and oxygen atoms in total. The zero-order valence-electron chi connectivity index (χ0n) is 10.2. The van der Waals surface area contributed by atoms with Crippen LogP contribution in [0.15, 0.2) is 24.3 Å². The van der Waals surface area contributed by atoms with E-state index in [0.29, 0.717) is 11.5 Å². The highest BCUT2D eigenvalue weighted by Gasteiger charge is 2.11. The van der Waals surface area contributed by atoms with Crippen LogP contribution in [0, 0.1) is 17.2 Å².